The molecule has 1 rings (SSSR count). The van der Waals surface area contributed by atoms with Crippen LogP contribution in [0.2, 0.25) is 0 Å². The Hall–Kier alpha value is -1.52. The van der Waals surface area contributed by atoms with Crippen LogP contribution in [0.3, 0.4) is 0 Å². The van der Waals surface area contributed by atoms with Crippen LogP contribution in [-0.2, 0) is 0 Å². The summed E-state index contributed by atoms with van der Waals surface area (Å²) in [6.45, 7) is 4.79. The lowest BCUT2D eigenvalue weighted by Crippen LogP contribution is -2.00. The summed E-state index contributed by atoms with van der Waals surface area (Å²) in [5.41, 5.74) is 6.58. The fraction of sp³-hybridized carbons (Fsp3) is 0.429. The zero-order chi connectivity index (χ0) is 8.97. The van der Waals surface area contributed by atoms with Gasteiger partial charge in [-0.05, 0) is 13.8 Å². The summed E-state index contributed by atoms with van der Waals surface area (Å²) in [5, 5.41) is 9.34. The summed E-state index contributed by atoms with van der Waals surface area (Å²) in [5.74, 6) is 0.861. The fourth-order valence-electron chi connectivity index (χ4n) is 0.700. The van der Waals surface area contributed by atoms with E-state index < -0.39 is 0 Å². The number of nitrogen functional groups attached to an aromatic ring is 1. The van der Waals surface area contributed by atoms with E-state index in [2.05, 4.69) is 20.5 Å². The van der Waals surface area contributed by atoms with Crippen molar-refractivity contribution in [2.24, 2.45) is 0 Å². The summed E-state index contributed by atoms with van der Waals surface area (Å²) < 4.78 is 0. The lowest BCUT2D eigenvalue weighted by molar-refractivity contribution is 1.08. The molecule has 1 aromatic heterocycles. The van der Waals surface area contributed by atoms with E-state index in [4.69, 9.17) is 5.73 Å². The van der Waals surface area contributed by atoms with Crippen molar-refractivity contribution in [3.05, 3.63) is 11.6 Å². The van der Waals surface area contributed by atoms with Gasteiger partial charge in [0.25, 0.3) is 0 Å². The molecule has 0 atom stereocenters. The number of nitrogens with one attached hydrogen (secondary N) is 2. The number of hydrogen-bond donors (Lipinski definition) is 3. The Morgan fingerprint density at radius 1 is 1.67 bits per heavy atom. The summed E-state index contributed by atoms with van der Waals surface area (Å²) in [7, 11) is 0. The summed E-state index contributed by atoms with van der Waals surface area (Å²) >= 11 is 0. The second kappa shape index (κ2) is 3.75. The molecule has 1 heterocycles. The van der Waals surface area contributed by atoms with E-state index in [9.17, 15) is 0 Å². The Balaban J connectivity index is 2.38. The first-order valence-corrected chi connectivity index (χ1v) is 3.73. The van der Waals surface area contributed by atoms with Gasteiger partial charge in [0.2, 0.25) is 11.9 Å². The van der Waals surface area contributed by atoms with Crippen LogP contribution in [0.4, 0.5) is 11.9 Å². The number of aromatic nitrogens is 3. The van der Waals surface area contributed by atoms with Crippen LogP contribution in [0.25, 0.3) is 0 Å². The van der Waals surface area contributed by atoms with Crippen LogP contribution in [0.15, 0.2) is 11.6 Å². The predicted molar refractivity (Wildman–Crippen MR) is 48.7 cm³/mol. The van der Waals surface area contributed by atoms with Gasteiger partial charge in [-0.15, -0.1) is 5.10 Å². The van der Waals surface area contributed by atoms with Crippen molar-refractivity contribution in [2.75, 3.05) is 17.6 Å². The molecule has 0 unspecified atom stereocenters. The van der Waals surface area contributed by atoms with Crippen molar-refractivity contribution in [1.29, 1.82) is 0 Å². The van der Waals surface area contributed by atoms with Crippen LogP contribution in [0, 0.1) is 0 Å². The first-order valence-electron chi connectivity index (χ1n) is 3.73. The predicted octanol–water partition coefficient (Wildman–Crippen LogP) is 0.765. The first-order chi connectivity index (χ1) is 5.68. The highest BCUT2D eigenvalue weighted by molar-refractivity contribution is 5.30. The molecule has 5 nitrogen and oxygen atoms in total. The maximum atomic E-state index is 5.33. The second-order valence-corrected chi connectivity index (χ2v) is 2.71. The smallest absolute Gasteiger partial charge is 0.243 e. The molecule has 0 fully saturated rings. The number of allylic oxidation sites excluding steroid dienone is 1. The molecular formula is C7H13N5. The third kappa shape index (κ3) is 2.61. The van der Waals surface area contributed by atoms with Gasteiger partial charge in [0.1, 0.15) is 0 Å². The normalized spacial score (nSPS) is 9.50. The molecule has 0 aliphatic rings. The van der Waals surface area contributed by atoms with Gasteiger partial charge in [0.15, 0.2) is 0 Å². The van der Waals surface area contributed by atoms with Crippen LogP contribution >= 0.6 is 0 Å². The largest absolute Gasteiger partial charge is 0.368 e. The van der Waals surface area contributed by atoms with E-state index in [0.29, 0.717) is 11.9 Å². The standard InChI is InChI=1S/C7H13N5/c1-5(2)3-4-9-7-10-6(8)11-12-7/h3H,4H2,1-2H3,(H4,8,9,10,11,12). The van der Waals surface area contributed by atoms with Crippen molar-refractivity contribution in [3.63, 3.8) is 0 Å². The number of nitrogens with two attached hydrogens (primary N) is 1. The average molecular weight is 167 g/mol. The van der Waals surface area contributed by atoms with Gasteiger partial charge in [-0.2, -0.15) is 4.98 Å². The highest BCUT2D eigenvalue weighted by Crippen LogP contribution is 1.98. The van der Waals surface area contributed by atoms with Crippen molar-refractivity contribution < 1.29 is 0 Å². The highest BCUT2D eigenvalue weighted by Gasteiger charge is 1.95. The van der Waals surface area contributed by atoms with Gasteiger partial charge in [-0.1, -0.05) is 11.6 Å². The van der Waals surface area contributed by atoms with Crippen LogP contribution < -0.4 is 11.1 Å². The molecule has 0 amide bonds. The van der Waals surface area contributed by atoms with Gasteiger partial charge >= 0.3 is 0 Å². The topological polar surface area (TPSA) is 79.6 Å². The minimum Gasteiger partial charge on any atom is -0.368 e. The summed E-state index contributed by atoms with van der Waals surface area (Å²) in [6.07, 6.45) is 2.05. The van der Waals surface area contributed by atoms with Gasteiger partial charge in [0, 0.05) is 6.54 Å². The van der Waals surface area contributed by atoms with Crippen molar-refractivity contribution in [1.82, 2.24) is 15.2 Å². The molecule has 0 radical (unpaired) electrons. The molecule has 0 bridgehead atoms. The maximum Gasteiger partial charge on any atom is 0.243 e. The number of H-pyrrole nitrogens is 1. The second-order valence-electron chi connectivity index (χ2n) is 2.71. The summed E-state index contributed by atoms with van der Waals surface area (Å²) in [6, 6.07) is 0. The number of rotatable bonds is 3. The van der Waals surface area contributed by atoms with Crippen LogP contribution in [0.5, 0.6) is 0 Å². The lowest BCUT2D eigenvalue weighted by Gasteiger charge is -1.95. The molecule has 0 aromatic carbocycles. The molecule has 0 saturated carbocycles. The number of anilines is 2. The zero-order valence-electron chi connectivity index (χ0n) is 7.26. The molecule has 0 aliphatic heterocycles. The Kier molecular flexibility index (Phi) is 2.68. The minimum atomic E-state index is 0.328. The Morgan fingerprint density at radius 2 is 2.42 bits per heavy atom. The number of aromatic amines is 1. The van der Waals surface area contributed by atoms with E-state index in [0.717, 1.165) is 6.54 Å². The molecule has 66 valence electrons. The number of nitrogens with zero attached hydrogens (tertiary/aromatic N) is 2. The van der Waals surface area contributed by atoms with Crippen LogP contribution in [-0.4, -0.2) is 21.7 Å². The fourth-order valence-corrected chi connectivity index (χ4v) is 0.700. The molecule has 12 heavy (non-hydrogen) atoms. The van der Waals surface area contributed by atoms with E-state index in [-0.39, 0.29) is 0 Å². The summed E-state index contributed by atoms with van der Waals surface area (Å²) in [4.78, 5) is 3.88. The quantitative estimate of drug-likeness (QED) is 0.581. The van der Waals surface area contributed by atoms with E-state index >= 15 is 0 Å². The monoisotopic (exact) mass is 167 g/mol. The highest BCUT2D eigenvalue weighted by atomic mass is 15.3. The molecule has 0 aliphatic carbocycles. The van der Waals surface area contributed by atoms with Gasteiger partial charge in [0.05, 0.1) is 0 Å². The third-order valence-electron chi connectivity index (χ3n) is 1.27. The SMILES string of the molecule is CC(C)=CCNc1n[nH]c(N)n1. The first kappa shape index (κ1) is 8.58. The molecule has 0 saturated heterocycles. The Bertz CT molecular complexity index is 271. The zero-order valence-corrected chi connectivity index (χ0v) is 7.26. The average Bonchev–Trinajstić information content (AvgIpc) is 2.35. The molecular weight excluding hydrogens is 154 g/mol. The third-order valence-corrected chi connectivity index (χ3v) is 1.27. The van der Waals surface area contributed by atoms with Gasteiger partial charge in [-0.3, -0.25) is 0 Å². The minimum absolute atomic E-state index is 0.328. The van der Waals surface area contributed by atoms with Crippen molar-refractivity contribution in [2.45, 2.75) is 13.8 Å². The van der Waals surface area contributed by atoms with E-state index in [1.54, 1.807) is 0 Å². The van der Waals surface area contributed by atoms with E-state index in [1.807, 2.05) is 19.9 Å². The number of hydrogen-bond acceptors (Lipinski definition) is 4. The molecule has 4 N–H and O–H groups in total. The lowest BCUT2D eigenvalue weighted by atomic mass is 10.3. The van der Waals surface area contributed by atoms with Crippen molar-refractivity contribution >= 4 is 11.9 Å². The van der Waals surface area contributed by atoms with Gasteiger partial charge < -0.3 is 11.1 Å². The molecule has 0 spiro atoms. The van der Waals surface area contributed by atoms with Crippen molar-refractivity contribution in [3.8, 4) is 0 Å². The molecule has 1 aromatic rings. The Labute approximate surface area is 71.1 Å². The van der Waals surface area contributed by atoms with Crippen LogP contribution in [0.1, 0.15) is 13.8 Å². The van der Waals surface area contributed by atoms with E-state index in [1.165, 1.54) is 5.57 Å². The maximum absolute atomic E-state index is 5.33. The van der Waals surface area contributed by atoms with Gasteiger partial charge in [-0.25, -0.2) is 5.10 Å². The Morgan fingerprint density at radius 3 is 2.92 bits per heavy atom. The molecule has 5 heteroatoms.